The minimum absolute atomic E-state index is 0.293. The SMILES string of the molecule is COc1cc(C)c(NC(=O)c2occc2CSc2ccccc2)cc1OC. The summed E-state index contributed by atoms with van der Waals surface area (Å²) in [6.45, 7) is 1.89. The third-order valence-corrected chi connectivity index (χ3v) is 5.13. The summed E-state index contributed by atoms with van der Waals surface area (Å²) in [5.74, 6) is 1.84. The van der Waals surface area contributed by atoms with Gasteiger partial charge >= 0.3 is 0 Å². The molecule has 0 saturated carbocycles. The van der Waals surface area contributed by atoms with Gasteiger partial charge in [-0.3, -0.25) is 4.79 Å². The number of amides is 1. The van der Waals surface area contributed by atoms with Gasteiger partial charge in [0.2, 0.25) is 0 Å². The Balaban J connectivity index is 1.75. The van der Waals surface area contributed by atoms with Crippen LogP contribution in [0.5, 0.6) is 11.5 Å². The van der Waals surface area contributed by atoms with Crippen LogP contribution in [0, 0.1) is 6.92 Å². The Morgan fingerprint density at radius 1 is 1.07 bits per heavy atom. The first-order valence-electron chi connectivity index (χ1n) is 8.40. The molecule has 0 fully saturated rings. The Labute approximate surface area is 162 Å². The van der Waals surface area contributed by atoms with Crippen LogP contribution in [0.25, 0.3) is 0 Å². The average molecular weight is 383 g/mol. The highest BCUT2D eigenvalue weighted by Crippen LogP contribution is 2.33. The Morgan fingerprint density at radius 2 is 1.78 bits per heavy atom. The van der Waals surface area contributed by atoms with E-state index in [1.54, 1.807) is 32.0 Å². The van der Waals surface area contributed by atoms with E-state index in [-0.39, 0.29) is 5.91 Å². The predicted molar refractivity (Wildman–Crippen MR) is 107 cm³/mol. The molecule has 0 radical (unpaired) electrons. The quantitative estimate of drug-likeness (QED) is 0.572. The Morgan fingerprint density at radius 3 is 2.48 bits per heavy atom. The van der Waals surface area contributed by atoms with Crippen molar-refractivity contribution in [1.82, 2.24) is 0 Å². The largest absolute Gasteiger partial charge is 0.493 e. The normalized spacial score (nSPS) is 10.5. The number of carbonyl (C=O) groups excluding carboxylic acids is 1. The smallest absolute Gasteiger partial charge is 0.291 e. The highest BCUT2D eigenvalue weighted by atomic mass is 32.2. The van der Waals surface area contributed by atoms with E-state index in [1.807, 2.05) is 49.4 Å². The molecule has 0 spiro atoms. The van der Waals surface area contributed by atoms with Gasteiger partial charge in [0.15, 0.2) is 17.3 Å². The van der Waals surface area contributed by atoms with E-state index in [4.69, 9.17) is 13.9 Å². The lowest BCUT2D eigenvalue weighted by molar-refractivity contribution is 0.0995. The van der Waals surface area contributed by atoms with Crippen LogP contribution in [-0.2, 0) is 5.75 Å². The molecule has 0 bridgehead atoms. The van der Waals surface area contributed by atoms with Crippen molar-refractivity contribution >= 4 is 23.4 Å². The van der Waals surface area contributed by atoms with Gasteiger partial charge in [-0.25, -0.2) is 0 Å². The van der Waals surface area contributed by atoms with Crippen LogP contribution >= 0.6 is 11.8 Å². The van der Waals surface area contributed by atoms with Gasteiger partial charge in [-0.2, -0.15) is 0 Å². The molecule has 0 unspecified atom stereocenters. The van der Waals surface area contributed by atoms with Crippen LogP contribution in [0.2, 0.25) is 0 Å². The molecule has 1 amide bonds. The van der Waals surface area contributed by atoms with Crippen molar-refractivity contribution < 1.29 is 18.7 Å². The van der Waals surface area contributed by atoms with Crippen molar-refractivity contribution in [3.63, 3.8) is 0 Å². The maximum atomic E-state index is 12.7. The van der Waals surface area contributed by atoms with Crippen LogP contribution in [0.15, 0.2) is 64.1 Å². The molecule has 0 aliphatic carbocycles. The van der Waals surface area contributed by atoms with E-state index in [0.29, 0.717) is 28.7 Å². The van der Waals surface area contributed by atoms with Crippen molar-refractivity contribution in [2.45, 2.75) is 17.6 Å². The molecule has 0 aliphatic rings. The molecule has 5 nitrogen and oxygen atoms in total. The molecule has 2 aromatic carbocycles. The number of anilines is 1. The number of ether oxygens (including phenoxy) is 2. The van der Waals surface area contributed by atoms with Crippen LogP contribution < -0.4 is 14.8 Å². The Kier molecular flexibility index (Phi) is 6.08. The lowest BCUT2D eigenvalue weighted by Crippen LogP contribution is -2.14. The first-order valence-corrected chi connectivity index (χ1v) is 9.39. The summed E-state index contributed by atoms with van der Waals surface area (Å²) in [6, 6.07) is 15.4. The molecule has 3 aromatic rings. The van der Waals surface area contributed by atoms with E-state index < -0.39 is 0 Å². The predicted octanol–water partition coefficient (Wildman–Crippen LogP) is 5.15. The van der Waals surface area contributed by atoms with Gasteiger partial charge in [-0.05, 0) is 36.8 Å². The molecule has 0 saturated heterocycles. The molecule has 0 atom stereocenters. The lowest BCUT2D eigenvalue weighted by Gasteiger charge is -2.13. The molecule has 3 rings (SSSR count). The van der Waals surface area contributed by atoms with E-state index in [1.165, 1.54) is 6.26 Å². The fraction of sp³-hybridized carbons (Fsp3) is 0.190. The average Bonchev–Trinajstić information content (AvgIpc) is 3.17. The second kappa shape index (κ2) is 8.68. The number of hydrogen-bond acceptors (Lipinski definition) is 5. The highest BCUT2D eigenvalue weighted by Gasteiger charge is 2.18. The van der Waals surface area contributed by atoms with E-state index in [0.717, 1.165) is 16.0 Å². The molecule has 1 heterocycles. The fourth-order valence-electron chi connectivity index (χ4n) is 2.62. The number of rotatable bonds is 7. The zero-order valence-electron chi connectivity index (χ0n) is 15.4. The second-order valence-corrected chi connectivity index (χ2v) is 6.90. The first kappa shape index (κ1) is 18.9. The van der Waals surface area contributed by atoms with Gasteiger partial charge in [0, 0.05) is 28.0 Å². The molecular weight excluding hydrogens is 362 g/mol. The van der Waals surface area contributed by atoms with Crippen LogP contribution in [0.4, 0.5) is 5.69 Å². The minimum Gasteiger partial charge on any atom is -0.493 e. The number of carbonyl (C=O) groups is 1. The molecule has 1 aromatic heterocycles. The Hall–Kier alpha value is -2.86. The number of aryl methyl sites for hydroxylation is 1. The summed E-state index contributed by atoms with van der Waals surface area (Å²) in [5, 5.41) is 2.90. The minimum atomic E-state index is -0.293. The molecule has 6 heteroatoms. The number of methoxy groups -OCH3 is 2. The van der Waals surface area contributed by atoms with Crippen LogP contribution in [-0.4, -0.2) is 20.1 Å². The second-order valence-electron chi connectivity index (χ2n) is 5.85. The molecule has 27 heavy (non-hydrogen) atoms. The molecule has 1 N–H and O–H groups in total. The molecule has 0 aliphatic heterocycles. The van der Waals surface area contributed by atoms with Gasteiger partial charge in [-0.1, -0.05) is 18.2 Å². The standard InChI is InChI=1S/C21H21NO4S/c1-14-11-18(24-2)19(25-3)12-17(14)22-21(23)20-15(9-10-26-20)13-27-16-7-5-4-6-8-16/h4-12H,13H2,1-3H3,(H,22,23). The zero-order valence-corrected chi connectivity index (χ0v) is 16.3. The van der Waals surface area contributed by atoms with Crippen LogP contribution in [0.1, 0.15) is 21.7 Å². The maximum absolute atomic E-state index is 12.7. The summed E-state index contributed by atoms with van der Waals surface area (Å²) in [6.07, 6.45) is 1.54. The number of hydrogen-bond donors (Lipinski definition) is 1. The van der Waals surface area contributed by atoms with Gasteiger partial charge in [0.1, 0.15) is 0 Å². The van der Waals surface area contributed by atoms with E-state index in [2.05, 4.69) is 5.32 Å². The topological polar surface area (TPSA) is 60.7 Å². The molecule has 140 valence electrons. The first-order chi connectivity index (χ1) is 13.1. The van der Waals surface area contributed by atoms with Gasteiger partial charge in [0.25, 0.3) is 5.91 Å². The number of furan rings is 1. The van der Waals surface area contributed by atoms with Crippen molar-refractivity contribution in [2.75, 3.05) is 19.5 Å². The van der Waals surface area contributed by atoms with Gasteiger partial charge in [-0.15, -0.1) is 11.8 Å². The summed E-state index contributed by atoms with van der Waals surface area (Å²) in [7, 11) is 3.14. The summed E-state index contributed by atoms with van der Waals surface area (Å²) >= 11 is 1.65. The van der Waals surface area contributed by atoms with Crippen molar-refractivity contribution in [3.05, 3.63) is 71.7 Å². The number of thioether (sulfide) groups is 1. The third kappa shape index (κ3) is 4.46. The summed E-state index contributed by atoms with van der Waals surface area (Å²) in [4.78, 5) is 13.9. The lowest BCUT2D eigenvalue weighted by atomic mass is 10.1. The highest BCUT2D eigenvalue weighted by molar-refractivity contribution is 7.98. The number of nitrogens with one attached hydrogen (secondary N) is 1. The molecular formula is C21H21NO4S. The van der Waals surface area contributed by atoms with Crippen molar-refractivity contribution in [3.8, 4) is 11.5 Å². The third-order valence-electron chi connectivity index (χ3n) is 4.07. The monoisotopic (exact) mass is 383 g/mol. The van der Waals surface area contributed by atoms with Crippen molar-refractivity contribution in [2.24, 2.45) is 0 Å². The van der Waals surface area contributed by atoms with E-state index >= 15 is 0 Å². The van der Waals surface area contributed by atoms with Gasteiger partial charge in [0.05, 0.1) is 20.5 Å². The number of benzene rings is 2. The fourth-order valence-corrected chi connectivity index (χ4v) is 3.52. The van der Waals surface area contributed by atoms with Gasteiger partial charge < -0.3 is 19.2 Å². The summed E-state index contributed by atoms with van der Waals surface area (Å²) < 4.78 is 16.0. The summed E-state index contributed by atoms with van der Waals surface area (Å²) in [5.41, 5.74) is 2.36. The Bertz CT molecular complexity index is 921. The zero-order chi connectivity index (χ0) is 19.2. The van der Waals surface area contributed by atoms with Crippen LogP contribution in [0.3, 0.4) is 0 Å². The van der Waals surface area contributed by atoms with Crippen molar-refractivity contribution in [1.29, 1.82) is 0 Å². The van der Waals surface area contributed by atoms with E-state index in [9.17, 15) is 4.79 Å². The maximum Gasteiger partial charge on any atom is 0.291 e.